The Morgan fingerprint density at radius 1 is 1.31 bits per heavy atom. The van der Waals surface area contributed by atoms with Crippen LogP contribution in [0.25, 0.3) is 11.2 Å². The molecule has 2 heterocycles. The molecule has 0 aliphatic heterocycles. The van der Waals surface area contributed by atoms with E-state index < -0.39 is 17.7 Å². The number of ether oxygens (including phenoxy) is 1. The number of nitrogens with zero attached hydrogens (tertiary/aromatic N) is 4. The van der Waals surface area contributed by atoms with Gasteiger partial charge in [0.2, 0.25) is 5.95 Å². The van der Waals surface area contributed by atoms with Gasteiger partial charge in [0.25, 0.3) is 0 Å². The zero-order valence-electron chi connectivity index (χ0n) is 14.9. The van der Waals surface area contributed by atoms with E-state index in [0.717, 1.165) is 0 Å². The summed E-state index contributed by atoms with van der Waals surface area (Å²) >= 11 is 0. The lowest BCUT2D eigenvalue weighted by Crippen LogP contribution is -2.33. The highest BCUT2D eigenvalue weighted by atomic mass is 16.6. The second-order valence-electron chi connectivity index (χ2n) is 6.58. The third kappa shape index (κ3) is 5.46. The molecule has 0 radical (unpaired) electrons. The average molecular weight is 365 g/mol. The van der Waals surface area contributed by atoms with Crippen molar-refractivity contribution in [2.45, 2.75) is 39.3 Å². The molecule has 0 fully saturated rings. The molecule has 1 amide bonds. The highest BCUT2D eigenvalue weighted by molar-refractivity contribution is 5.83. The Morgan fingerprint density at radius 3 is 2.69 bits per heavy atom. The summed E-state index contributed by atoms with van der Waals surface area (Å²) in [5.74, 6) is -0.586. The number of aliphatic carboxylic acids is 1. The third-order valence-corrected chi connectivity index (χ3v) is 3.10. The van der Waals surface area contributed by atoms with Crippen molar-refractivity contribution in [1.29, 1.82) is 0 Å². The molecule has 142 valence electrons. The number of nitrogen functional groups attached to an aromatic ring is 1. The molecular formula is C15H23N7O4. The highest BCUT2D eigenvalue weighted by Crippen LogP contribution is 2.18. The number of fused-ring (bicyclic) bond motifs is 1. The maximum Gasteiger partial charge on any atom is 0.407 e. The number of alkyl carbamates (subject to hydrolysis) is 1. The lowest BCUT2D eigenvalue weighted by atomic mass is 10.2. The zero-order chi connectivity index (χ0) is 19.3. The fraction of sp³-hybridized carbons (Fsp3) is 0.533. The molecule has 26 heavy (non-hydrogen) atoms. The Labute approximate surface area is 150 Å². The number of hydrogen-bond acceptors (Lipinski definition) is 8. The quantitative estimate of drug-likeness (QED) is 0.521. The van der Waals surface area contributed by atoms with Gasteiger partial charge in [-0.2, -0.15) is 9.97 Å². The standard InChI is InChI=1S/C15H23N7O4/c1-15(2,3)26-14(25)18-6-4-5-17-13-20-11(16)10-12(21-13)22(8-19-10)7-9(23)24/h8H,4-7H2,1-3H3,(H,18,25)(H,23,24)(H3,16,17,20,21). The number of anilines is 2. The Morgan fingerprint density at radius 2 is 2.04 bits per heavy atom. The minimum atomic E-state index is -1.01. The number of carbonyl (C=O) groups excluding carboxylic acids is 1. The predicted molar refractivity (Wildman–Crippen MR) is 94.7 cm³/mol. The molecule has 0 aliphatic carbocycles. The molecule has 11 nitrogen and oxygen atoms in total. The molecule has 0 saturated carbocycles. The van der Waals surface area contributed by atoms with Crippen molar-refractivity contribution in [1.82, 2.24) is 24.8 Å². The van der Waals surface area contributed by atoms with Crippen LogP contribution in [-0.4, -0.2) is 55.4 Å². The number of hydrogen-bond donors (Lipinski definition) is 4. The van der Waals surface area contributed by atoms with Gasteiger partial charge >= 0.3 is 12.1 Å². The number of nitrogens with one attached hydrogen (secondary N) is 2. The molecule has 0 unspecified atom stereocenters. The molecule has 0 aromatic carbocycles. The number of imidazole rings is 1. The molecule has 2 aromatic rings. The van der Waals surface area contributed by atoms with Crippen molar-refractivity contribution < 1.29 is 19.4 Å². The summed E-state index contributed by atoms with van der Waals surface area (Å²) < 4.78 is 6.51. The SMILES string of the molecule is CC(C)(C)OC(=O)NCCCNc1nc(N)c2ncn(CC(=O)O)c2n1. The van der Waals surface area contributed by atoms with Crippen molar-refractivity contribution in [3.63, 3.8) is 0 Å². The van der Waals surface area contributed by atoms with Gasteiger partial charge in [-0.3, -0.25) is 4.79 Å². The van der Waals surface area contributed by atoms with Gasteiger partial charge in [-0.1, -0.05) is 0 Å². The summed E-state index contributed by atoms with van der Waals surface area (Å²) in [6.07, 6.45) is 1.49. The van der Waals surface area contributed by atoms with Crippen molar-refractivity contribution in [2.75, 3.05) is 24.1 Å². The van der Waals surface area contributed by atoms with Crippen molar-refractivity contribution in [3.05, 3.63) is 6.33 Å². The van der Waals surface area contributed by atoms with Crippen LogP contribution in [0.1, 0.15) is 27.2 Å². The van der Waals surface area contributed by atoms with Crippen LogP contribution in [0.3, 0.4) is 0 Å². The summed E-state index contributed by atoms with van der Waals surface area (Å²) in [6, 6.07) is 0. The number of carbonyl (C=O) groups is 2. The maximum atomic E-state index is 11.5. The van der Waals surface area contributed by atoms with E-state index in [-0.39, 0.29) is 18.3 Å². The number of carboxylic acids is 1. The summed E-state index contributed by atoms with van der Waals surface area (Å²) in [5.41, 5.74) is 5.99. The summed E-state index contributed by atoms with van der Waals surface area (Å²) in [4.78, 5) is 34.8. The van der Waals surface area contributed by atoms with Gasteiger partial charge < -0.3 is 30.8 Å². The first-order valence-corrected chi connectivity index (χ1v) is 8.06. The van der Waals surface area contributed by atoms with Gasteiger partial charge in [0.1, 0.15) is 17.7 Å². The molecule has 2 rings (SSSR count). The average Bonchev–Trinajstić information content (AvgIpc) is 2.88. The molecule has 11 heteroatoms. The minimum absolute atomic E-state index is 0.161. The molecule has 0 bridgehead atoms. The number of rotatable bonds is 7. The smallest absolute Gasteiger partial charge is 0.407 e. The van der Waals surface area contributed by atoms with Crippen LogP contribution in [0.15, 0.2) is 6.33 Å². The fourth-order valence-corrected chi connectivity index (χ4v) is 2.10. The van der Waals surface area contributed by atoms with Crippen LogP contribution in [0.5, 0.6) is 0 Å². The lowest BCUT2D eigenvalue weighted by Gasteiger charge is -2.19. The number of aromatic nitrogens is 4. The highest BCUT2D eigenvalue weighted by Gasteiger charge is 2.15. The Kier molecular flexibility index (Phi) is 5.80. The number of amides is 1. The van der Waals surface area contributed by atoms with E-state index in [1.165, 1.54) is 10.9 Å². The summed E-state index contributed by atoms with van der Waals surface area (Å²) in [5, 5.41) is 14.5. The molecule has 0 spiro atoms. The Balaban J connectivity index is 1.89. The molecule has 5 N–H and O–H groups in total. The van der Waals surface area contributed by atoms with Crippen LogP contribution in [0, 0.1) is 0 Å². The van der Waals surface area contributed by atoms with Crippen LogP contribution < -0.4 is 16.4 Å². The van der Waals surface area contributed by atoms with E-state index >= 15 is 0 Å². The second kappa shape index (κ2) is 7.85. The van der Waals surface area contributed by atoms with Gasteiger partial charge in [0.05, 0.1) is 6.33 Å². The van der Waals surface area contributed by atoms with Crippen molar-refractivity contribution >= 4 is 35.0 Å². The molecule has 0 saturated heterocycles. The van der Waals surface area contributed by atoms with Crippen LogP contribution >= 0.6 is 0 Å². The van der Waals surface area contributed by atoms with Gasteiger partial charge in [-0.15, -0.1) is 0 Å². The van der Waals surface area contributed by atoms with Crippen LogP contribution in [-0.2, 0) is 16.1 Å². The lowest BCUT2D eigenvalue weighted by molar-refractivity contribution is -0.137. The van der Waals surface area contributed by atoms with Gasteiger partial charge in [-0.05, 0) is 27.2 Å². The number of nitrogens with two attached hydrogens (primary N) is 1. The molecular weight excluding hydrogens is 342 g/mol. The van der Waals surface area contributed by atoms with E-state index in [1.807, 2.05) is 0 Å². The zero-order valence-corrected chi connectivity index (χ0v) is 14.9. The van der Waals surface area contributed by atoms with E-state index in [1.54, 1.807) is 20.8 Å². The third-order valence-electron chi connectivity index (χ3n) is 3.10. The van der Waals surface area contributed by atoms with Crippen molar-refractivity contribution in [2.24, 2.45) is 0 Å². The molecule has 0 atom stereocenters. The van der Waals surface area contributed by atoms with Crippen LogP contribution in [0.2, 0.25) is 0 Å². The van der Waals surface area contributed by atoms with Gasteiger partial charge in [0.15, 0.2) is 11.5 Å². The first-order valence-electron chi connectivity index (χ1n) is 8.06. The molecule has 2 aromatic heterocycles. The topological polar surface area (TPSA) is 157 Å². The first-order chi connectivity index (χ1) is 12.2. The van der Waals surface area contributed by atoms with E-state index in [0.29, 0.717) is 30.7 Å². The minimum Gasteiger partial charge on any atom is -0.480 e. The summed E-state index contributed by atoms with van der Waals surface area (Å²) in [7, 11) is 0. The van der Waals surface area contributed by atoms with Crippen molar-refractivity contribution in [3.8, 4) is 0 Å². The van der Waals surface area contributed by atoms with E-state index in [2.05, 4.69) is 25.6 Å². The Hall–Kier alpha value is -3.11. The van der Waals surface area contributed by atoms with Gasteiger partial charge in [0, 0.05) is 13.1 Å². The maximum absolute atomic E-state index is 11.5. The van der Waals surface area contributed by atoms with Gasteiger partial charge in [-0.25, -0.2) is 9.78 Å². The van der Waals surface area contributed by atoms with E-state index in [4.69, 9.17) is 15.6 Å². The normalized spacial score (nSPS) is 11.3. The first kappa shape index (κ1) is 19.2. The second-order valence-corrected chi connectivity index (χ2v) is 6.58. The number of carboxylic acid groups (broad SMARTS) is 1. The predicted octanol–water partition coefficient (Wildman–Crippen LogP) is 0.820. The fourth-order valence-electron chi connectivity index (χ4n) is 2.10. The largest absolute Gasteiger partial charge is 0.480 e. The van der Waals surface area contributed by atoms with Crippen LogP contribution in [0.4, 0.5) is 16.6 Å². The monoisotopic (exact) mass is 365 g/mol. The van der Waals surface area contributed by atoms with E-state index in [9.17, 15) is 9.59 Å². The molecule has 0 aliphatic rings. The Bertz CT molecular complexity index is 797. The summed E-state index contributed by atoms with van der Waals surface area (Å²) in [6.45, 7) is 6.00.